The summed E-state index contributed by atoms with van der Waals surface area (Å²) in [6, 6.07) is 16.6. The first-order chi connectivity index (χ1) is 14.8. The van der Waals surface area contributed by atoms with Gasteiger partial charge in [-0.05, 0) is 48.4 Å². The number of alkyl halides is 3. The standard InChI is InChI=1S/C24H20ClF3N2O/c1-2-5-15-8-11-20-21(12-15)30-23(29-20)16-9-10-19(25)22(13-16)31-14-17-6-3-4-7-18(17)24(26,27)28/h3-4,6-13H,2,5,14H2,1H3,(H,29,30). The predicted octanol–water partition coefficient (Wildman–Crippen LogP) is 7.43. The number of nitrogens with one attached hydrogen (secondary N) is 1. The average Bonchev–Trinajstić information content (AvgIpc) is 3.16. The minimum absolute atomic E-state index is 0.0451. The average molecular weight is 445 g/mol. The van der Waals surface area contributed by atoms with E-state index in [1.165, 1.54) is 17.7 Å². The summed E-state index contributed by atoms with van der Waals surface area (Å²) in [7, 11) is 0. The molecule has 0 saturated heterocycles. The second-order valence-electron chi connectivity index (χ2n) is 7.28. The molecule has 0 spiro atoms. The number of nitrogens with zero attached hydrogens (tertiary/aromatic N) is 1. The number of aryl methyl sites for hydroxylation is 1. The van der Waals surface area contributed by atoms with Crippen molar-refractivity contribution in [3.63, 3.8) is 0 Å². The van der Waals surface area contributed by atoms with Crippen molar-refractivity contribution in [2.45, 2.75) is 32.5 Å². The van der Waals surface area contributed by atoms with Gasteiger partial charge in [0.2, 0.25) is 0 Å². The summed E-state index contributed by atoms with van der Waals surface area (Å²) in [6.45, 7) is 1.88. The van der Waals surface area contributed by atoms with Gasteiger partial charge in [-0.3, -0.25) is 0 Å². The fourth-order valence-corrected chi connectivity index (χ4v) is 3.65. The highest BCUT2D eigenvalue weighted by atomic mass is 35.5. The molecule has 0 radical (unpaired) electrons. The molecule has 0 atom stereocenters. The van der Waals surface area contributed by atoms with E-state index in [1.807, 2.05) is 6.07 Å². The summed E-state index contributed by atoms with van der Waals surface area (Å²) in [5, 5.41) is 0.314. The molecular formula is C24H20ClF3N2O. The smallest absolute Gasteiger partial charge is 0.416 e. The van der Waals surface area contributed by atoms with E-state index >= 15 is 0 Å². The van der Waals surface area contributed by atoms with Crippen molar-refractivity contribution in [2.24, 2.45) is 0 Å². The first kappa shape index (κ1) is 21.2. The molecule has 1 N–H and O–H groups in total. The Morgan fingerprint density at radius 2 is 1.84 bits per heavy atom. The molecule has 0 fully saturated rings. The number of hydrogen-bond acceptors (Lipinski definition) is 2. The third kappa shape index (κ3) is 4.69. The molecule has 0 aliphatic rings. The highest BCUT2D eigenvalue weighted by Gasteiger charge is 2.33. The predicted molar refractivity (Wildman–Crippen MR) is 116 cm³/mol. The lowest BCUT2D eigenvalue weighted by Crippen LogP contribution is -2.10. The van der Waals surface area contributed by atoms with Crippen LogP contribution in [0.1, 0.15) is 30.0 Å². The fraction of sp³-hybridized carbons (Fsp3) is 0.208. The van der Waals surface area contributed by atoms with E-state index in [0.717, 1.165) is 35.5 Å². The summed E-state index contributed by atoms with van der Waals surface area (Å²) in [5.74, 6) is 0.934. The van der Waals surface area contributed by atoms with Gasteiger partial charge in [-0.1, -0.05) is 49.2 Å². The largest absolute Gasteiger partial charge is 0.487 e. The molecule has 3 nitrogen and oxygen atoms in total. The second kappa shape index (κ2) is 8.63. The number of imidazole rings is 1. The van der Waals surface area contributed by atoms with Crippen molar-refractivity contribution in [1.82, 2.24) is 9.97 Å². The number of H-pyrrole nitrogens is 1. The van der Waals surface area contributed by atoms with Crippen molar-refractivity contribution in [3.05, 3.63) is 82.4 Å². The van der Waals surface area contributed by atoms with Gasteiger partial charge >= 0.3 is 6.18 Å². The van der Waals surface area contributed by atoms with Crippen molar-refractivity contribution in [3.8, 4) is 17.1 Å². The lowest BCUT2D eigenvalue weighted by molar-refractivity contribution is -0.138. The van der Waals surface area contributed by atoms with Crippen LogP contribution in [-0.4, -0.2) is 9.97 Å². The highest BCUT2D eigenvalue weighted by molar-refractivity contribution is 6.32. The minimum Gasteiger partial charge on any atom is -0.487 e. The van der Waals surface area contributed by atoms with Gasteiger partial charge in [0, 0.05) is 11.1 Å². The summed E-state index contributed by atoms with van der Waals surface area (Å²) in [5.41, 5.74) is 3.06. The Hall–Kier alpha value is -2.99. The number of benzene rings is 3. The van der Waals surface area contributed by atoms with E-state index < -0.39 is 11.7 Å². The number of aromatic nitrogens is 2. The molecule has 160 valence electrons. The van der Waals surface area contributed by atoms with Crippen molar-refractivity contribution < 1.29 is 17.9 Å². The van der Waals surface area contributed by atoms with Gasteiger partial charge in [-0.25, -0.2) is 4.98 Å². The SMILES string of the molecule is CCCc1ccc2nc(-c3ccc(Cl)c(OCc4ccccc4C(F)(F)F)c3)[nH]c2c1. The van der Waals surface area contributed by atoms with Crippen LogP contribution in [0.25, 0.3) is 22.4 Å². The van der Waals surface area contributed by atoms with Gasteiger partial charge in [0.25, 0.3) is 0 Å². The van der Waals surface area contributed by atoms with Gasteiger partial charge in [-0.2, -0.15) is 13.2 Å². The van der Waals surface area contributed by atoms with Crippen LogP contribution in [0.4, 0.5) is 13.2 Å². The summed E-state index contributed by atoms with van der Waals surface area (Å²) in [4.78, 5) is 7.92. The molecular weight excluding hydrogens is 425 g/mol. The maximum atomic E-state index is 13.2. The Morgan fingerprint density at radius 1 is 1.03 bits per heavy atom. The Balaban J connectivity index is 1.60. The monoisotopic (exact) mass is 444 g/mol. The molecule has 0 bridgehead atoms. The van der Waals surface area contributed by atoms with Gasteiger partial charge in [0.15, 0.2) is 0 Å². The number of hydrogen-bond donors (Lipinski definition) is 1. The topological polar surface area (TPSA) is 37.9 Å². The Bertz CT molecular complexity index is 1220. The van der Waals surface area contributed by atoms with Crippen molar-refractivity contribution in [2.75, 3.05) is 0 Å². The molecule has 0 saturated carbocycles. The van der Waals surface area contributed by atoms with Crippen LogP contribution >= 0.6 is 11.6 Å². The first-order valence-corrected chi connectivity index (χ1v) is 10.3. The zero-order chi connectivity index (χ0) is 22.0. The van der Waals surface area contributed by atoms with Crippen LogP contribution in [0.2, 0.25) is 5.02 Å². The number of halogens is 4. The zero-order valence-corrected chi connectivity index (χ0v) is 17.5. The molecule has 7 heteroatoms. The third-order valence-corrected chi connectivity index (χ3v) is 5.31. The highest BCUT2D eigenvalue weighted by Crippen LogP contribution is 2.34. The third-order valence-electron chi connectivity index (χ3n) is 5.00. The molecule has 0 aliphatic heterocycles. The molecule has 1 aromatic heterocycles. The number of ether oxygens (including phenoxy) is 1. The van der Waals surface area contributed by atoms with Gasteiger partial charge in [0.1, 0.15) is 18.2 Å². The Morgan fingerprint density at radius 3 is 2.61 bits per heavy atom. The summed E-state index contributed by atoms with van der Waals surface area (Å²) in [6.07, 6.45) is -2.40. The maximum absolute atomic E-state index is 13.2. The number of rotatable bonds is 6. The molecule has 4 aromatic rings. The fourth-order valence-electron chi connectivity index (χ4n) is 3.48. The Labute approximate surface area is 182 Å². The number of fused-ring (bicyclic) bond motifs is 1. The van der Waals surface area contributed by atoms with E-state index in [2.05, 4.69) is 29.0 Å². The van der Waals surface area contributed by atoms with Gasteiger partial charge in [0.05, 0.1) is 21.6 Å². The summed E-state index contributed by atoms with van der Waals surface area (Å²) < 4.78 is 45.3. The van der Waals surface area contributed by atoms with E-state index in [4.69, 9.17) is 16.3 Å². The van der Waals surface area contributed by atoms with E-state index in [0.29, 0.717) is 16.6 Å². The molecule has 1 heterocycles. The normalized spacial score (nSPS) is 11.8. The van der Waals surface area contributed by atoms with Gasteiger partial charge in [-0.15, -0.1) is 0 Å². The second-order valence-corrected chi connectivity index (χ2v) is 7.68. The van der Waals surface area contributed by atoms with Crippen molar-refractivity contribution in [1.29, 1.82) is 0 Å². The molecule has 0 aliphatic carbocycles. The van der Waals surface area contributed by atoms with E-state index in [9.17, 15) is 13.2 Å². The van der Waals surface area contributed by atoms with Crippen molar-refractivity contribution >= 4 is 22.6 Å². The lowest BCUT2D eigenvalue weighted by Gasteiger charge is -2.14. The van der Waals surface area contributed by atoms with Crippen LogP contribution in [0.3, 0.4) is 0 Å². The van der Waals surface area contributed by atoms with E-state index in [1.54, 1.807) is 24.3 Å². The van der Waals surface area contributed by atoms with Crippen LogP contribution in [0.15, 0.2) is 60.7 Å². The maximum Gasteiger partial charge on any atom is 0.416 e. The van der Waals surface area contributed by atoms with E-state index in [-0.39, 0.29) is 12.2 Å². The summed E-state index contributed by atoms with van der Waals surface area (Å²) >= 11 is 6.24. The van der Waals surface area contributed by atoms with Crippen LogP contribution in [-0.2, 0) is 19.2 Å². The van der Waals surface area contributed by atoms with Crippen LogP contribution in [0.5, 0.6) is 5.75 Å². The molecule has 3 aromatic carbocycles. The molecule has 0 amide bonds. The molecule has 4 rings (SSSR count). The lowest BCUT2D eigenvalue weighted by atomic mass is 10.1. The van der Waals surface area contributed by atoms with Crippen LogP contribution in [0, 0.1) is 0 Å². The molecule has 31 heavy (non-hydrogen) atoms. The van der Waals surface area contributed by atoms with Crippen LogP contribution < -0.4 is 4.74 Å². The first-order valence-electron chi connectivity index (χ1n) is 9.91. The Kier molecular flexibility index (Phi) is 5.92. The van der Waals surface area contributed by atoms with Gasteiger partial charge < -0.3 is 9.72 Å². The minimum atomic E-state index is -4.45. The molecule has 0 unspecified atom stereocenters. The zero-order valence-electron chi connectivity index (χ0n) is 16.8. The number of aromatic amines is 1. The quantitative estimate of drug-likeness (QED) is 0.335.